The van der Waals surface area contributed by atoms with Gasteiger partial charge in [-0.2, -0.15) is 0 Å². The molecule has 1 aliphatic heterocycles. The molecule has 0 radical (unpaired) electrons. The standard InChI is InChI=1S/C21H31N3O3/c1-13-4-2-3-5-21(13)18(26)24(19(27)23-21)12-17(25)22-20-9-14-6-15(10-20)8-16(7-14)11-20/h13-16H,2-12H2,1H3,(H,22,25)(H,23,27)/t13-,14?,15?,16?,20?,21+/m1/s1. The number of rotatable bonds is 3. The van der Waals surface area contributed by atoms with E-state index in [4.69, 9.17) is 0 Å². The lowest BCUT2D eigenvalue weighted by atomic mass is 9.53. The van der Waals surface area contributed by atoms with Crippen LogP contribution in [0, 0.1) is 23.7 Å². The van der Waals surface area contributed by atoms with Crippen LogP contribution in [0.2, 0.25) is 0 Å². The van der Waals surface area contributed by atoms with Crippen molar-refractivity contribution in [2.75, 3.05) is 6.54 Å². The molecule has 0 aromatic heterocycles. The van der Waals surface area contributed by atoms with Gasteiger partial charge in [0.25, 0.3) is 5.91 Å². The summed E-state index contributed by atoms with van der Waals surface area (Å²) in [7, 11) is 0. The molecule has 27 heavy (non-hydrogen) atoms. The molecule has 6 aliphatic rings. The van der Waals surface area contributed by atoms with Crippen molar-refractivity contribution in [2.24, 2.45) is 23.7 Å². The van der Waals surface area contributed by atoms with Gasteiger partial charge in [0.05, 0.1) is 0 Å². The first-order valence-electron chi connectivity index (χ1n) is 10.8. The number of nitrogens with zero attached hydrogens (tertiary/aromatic N) is 1. The number of amides is 4. The zero-order valence-electron chi connectivity index (χ0n) is 16.3. The van der Waals surface area contributed by atoms with E-state index in [2.05, 4.69) is 10.6 Å². The van der Waals surface area contributed by atoms with Crippen molar-refractivity contribution in [1.82, 2.24) is 15.5 Å². The predicted molar refractivity (Wildman–Crippen MR) is 99.7 cm³/mol. The highest BCUT2D eigenvalue weighted by Gasteiger charge is 2.56. The Morgan fingerprint density at radius 2 is 1.74 bits per heavy atom. The Morgan fingerprint density at radius 1 is 1.11 bits per heavy atom. The third-order valence-electron chi connectivity index (χ3n) is 8.25. The van der Waals surface area contributed by atoms with Crippen molar-refractivity contribution >= 4 is 17.8 Å². The van der Waals surface area contributed by atoms with Crippen LogP contribution >= 0.6 is 0 Å². The average Bonchev–Trinajstić information content (AvgIpc) is 2.81. The van der Waals surface area contributed by atoms with Gasteiger partial charge in [-0.05, 0) is 75.0 Å². The second-order valence-electron chi connectivity index (χ2n) is 10.2. The van der Waals surface area contributed by atoms with Crippen molar-refractivity contribution in [3.8, 4) is 0 Å². The molecule has 0 aromatic carbocycles. The van der Waals surface area contributed by atoms with Gasteiger partial charge in [0, 0.05) is 5.54 Å². The fraction of sp³-hybridized carbons (Fsp3) is 0.857. The third-order valence-corrected chi connectivity index (χ3v) is 8.25. The molecular weight excluding hydrogens is 342 g/mol. The highest BCUT2D eigenvalue weighted by Crippen LogP contribution is 2.55. The zero-order valence-corrected chi connectivity index (χ0v) is 16.3. The van der Waals surface area contributed by atoms with Crippen molar-refractivity contribution in [3.63, 3.8) is 0 Å². The van der Waals surface area contributed by atoms with Gasteiger partial charge in [0.1, 0.15) is 12.1 Å². The van der Waals surface area contributed by atoms with Crippen LogP contribution in [0.3, 0.4) is 0 Å². The summed E-state index contributed by atoms with van der Waals surface area (Å²) < 4.78 is 0. The van der Waals surface area contributed by atoms with E-state index in [0.29, 0.717) is 6.42 Å². The van der Waals surface area contributed by atoms with Crippen molar-refractivity contribution in [2.45, 2.75) is 82.2 Å². The van der Waals surface area contributed by atoms with E-state index < -0.39 is 11.6 Å². The van der Waals surface area contributed by atoms with Gasteiger partial charge in [-0.1, -0.05) is 19.8 Å². The molecule has 2 atom stereocenters. The Hall–Kier alpha value is -1.59. The zero-order chi connectivity index (χ0) is 18.8. The van der Waals surface area contributed by atoms with Gasteiger partial charge < -0.3 is 10.6 Å². The number of nitrogens with one attached hydrogen (secondary N) is 2. The topological polar surface area (TPSA) is 78.5 Å². The minimum absolute atomic E-state index is 0.0824. The van der Waals surface area contributed by atoms with Crippen molar-refractivity contribution in [1.29, 1.82) is 0 Å². The van der Waals surface area contributed by atoms with Crippen LogP contribution in [-0.2, 0) is 9.59 Å². The van der Waals surface area contributed by atoms with Gasteiger partial charge >= 0.3 is 6.03 Å². The summed E-state index contributed by atoms with van der Waals surface area (Å²) in [6, 6.07) is -0.394. The second-order valence-corrected chi connectivity index (χ2v) is 10.2. The Balaban J connectivity index is 1.27. The molecular formula is C21H31N3O3. The summed E-state index contributed by atoms with van der Waals surface area (Å²) in [5, 5.41) is 6.22. The molecule has 6 rings (SSSR count). The molecule has 5 saturated carbocycles. The molecule has 0 unspecified atom stereocenters. The van der Waals surface area contributed by atoms with Crippen LogP contribution in [-0.4, -0.2) is 40.4 Å². The Morgan fingerprint density at radius 3 is 2.33 bits per heavy atom. The molecule has 0 aromatic rings. The highest BCUT2D eigenvalue weighted by molar-refractivity contribution is 6.09. The predicted octanol–water partition coefficient (Wildman–Crippen LogP) is 2.57. The lowest BCUT2D eigenvalue weighted by Gasteiger charge is -2.56. The summed E-state index contributed by atoms with van der Waals surface area (Å²) in [6.07, 6.45) is 10.9. The van der Waals surface area contributed by atoms with E-state index in [-0.39, 0.29) is 29.8 Å². The van der Waals surface area contributed by atoms with Crippen molar-refractivity contribution < 1.29 is 14.4 Å². The maximum Gasteiger partial charge on any atom is 0.325 e. The maximum absolute atomic E-state index is 13.1. The second kappa shape index (κ2) is 5.95. The fourth-order valence-electron chi connectivity index (χ4n) is 7.38. The van der Waals surface area contributed by atoms with Crippen LogP contribution in [0.5, 0.6) is 0 Å². The lowest BCUT2D eigenvalue weighted by molar-refractivity contribution is -0.138. The monoisotopic (exact) mass is 373 g/mol. The van der Waals surface area contributed by atoms with Gasteiger partial charge in [-0.15, -0.1) is 0 Å². The van der Waals surface area contributed by atoms with E-state index in [9.17, 15) is 14.4 Å². The molecule has 6 nitrogen and oxygen atoms in total. The molecule has 6 heteroatoms. The molecule has 4 amide bonds. The van der Waals surface area contributed by atoms with Crippen LogP contribution in [0.15, 0.2) is 0 Å². The average molecular weight is 373 g/mol. The highest BCUT2D eigenvalue weighted by atomic mass is 16.2. The first-order chi connectivity index (χ1) is 12.9. The first kappa shape index (κ1) is 17.5. The van der Waals surface area contributed by atoms with E-state index >= 15 is 0 Å². The molecule has 2 N–H and O–H groups in total. The number of hydrogen-bond acceptors (Lipinski definition) is 3. The number of imide groups is 1. The van der Waals surface area contributed by atoms with Gasteiger partial charge in [-0.25, -0.2) is 4.79 Å². The number of carbonyl (C=O) groups excluding carboxylic acids is 3. The molecule has 6 fully saturated rings. The number of carbonyl (C=O) groups is 3. The summed E-state index contributed by atoms with van der Waals surface area (Å²) in [5.74, 6) is 2.01. The lowest BCUT2D eigenvalue weighted by Crippen LogP contribution is -2.61. The Bertz CT molecular complexity index is 655. The number of urea groups is 1. The van der Waals surface area contributed by atoms with Gasteiger partial charge in [0.2, 0.25) is 5.91 Å². The summed E-state index contributed by atoms with van der Waals surface area (Å²) in [5.41, 5.74) is -0.864. The third kappa shape index (κ3) is 2.70. The molecule has 1 saturated heterocycles. The molecule has 1 spiro atoms. The van der Waals surface area contributed by atoms with Crippen molar-refractivity contribution in [3.05, 3.63) is 0 Å². The minimum Gasteiger partial charge on any atom is -0.349 e. The van der Waals surface area contributed by atoms with E-state index in [1.165, 1.54) is 19.3 Å². The maximum atomic E-state index is 13.1. The SMILES string of the molecule is C[C@@H]1CCCC[C@]12NC(=O)N(CC(=O)NC13CC4CC(CC(C4)C1)C3)C2=O. The largest absolute Gasteiger partial charge is 0.349 e. The van der Waals surface area contributed by atoms with Crippen LogP contribution in [0.25, 0.3) is 0 Å². The molecule has 1 heterocycles. The summed E-state index contributed by atoms with van der Waals surface area (Å²) in [4.78, 5) is 39.6. The fourth-order valence-corrected chi connectivity index (χ4v) is 7.38. The summed E-state index contributed by atoms with van der Waals surface area (Å²) >= 11 is 0. The summed E-state index contributed by atoms with van der Waals surface area (Å²) in [6.45, 7) is 1.90. The Kier molecular flexibility index (Phi) is 3.86. The minimum atomic E-state index is -0.781. The van der Waals surface area contributed by atoms with Gasteiger partial charge in [-0.3, -0.25) is 14.5 Å². The molecule has 4 bridgehead atoms. The van der Waals surface area contributed by atoms with E-state index in [0.717, 1.165) is 61.2 Å². The quantitative estimate of drug-likeness (QED) is 0.747. The first-order valence-corrected chi connectivity index (χ1v) is 10.8. The smallest absolute Gasteiger partial charge is 0.325 e. The van der Waals surface area contributed by atoms with Gasteiger partial charge in [0.15, 0.2) is 0 Å². The molecule has 148 valence electrons. The van der Waals surface area contributed by atoms with E-state index in [1.807, 2.05) is 6.92 Å². The normalized spacial score (nSPS) is 45.4. The van der Waals surface area contributed by atoms with E-state index in [1.54, 1.807) is 0 Å². The molecule has 5 aliphatic carbocycles. The number of hydrogen-bond donors (Lipinski definition) is 2. The van der Waals surface area contributed by atoms with Crippen LogP contribution in [0.4, 0.5) is 4.79 Å². The van der Waals surface area contributed by atoms with Crippen LogP contribution in [0.1, 0.15) is 71.1 Å². The Labute approximate surface area is 160 Å². The van der Waals surface area contributed by atoms with Crippen LogP contribution < -0.4 is 10.6 Å².